The van der Waals surface area contributed by atoms with Gasteiger partial charge in [-0.25, -0.2) is 14.1 Å². The van der Waals surface area contributed by atoms with Gasteiger partial charge in [0.1, 0.15) is 17.3 Å². The van der Waals surface area contributed by atoms with E-state index in [1.54, 1.807) is 40.5 Å². The molecule has 1 saturated heterocycles. The van der Waals surface area contributed by atoms with E-state index in [1.165, 1.54) is 15.8 Å². The molecule has 4 heterocycles. The molecule has 0 bridgehead atoms. The van der Waals surface area contributed by atoms with Crippen LogP contribution in [0.25, 0.3) is 16.9 Å². The molecule has 0 saturated carbocycles. The van der Waals surface area contributed by atoms with Crippen LogP contribution < -0.4 is 4.90 Å². The van der Waals surface area contributed by atoms with Crippen molar-refractivity contribution in [3.63, 3.8) is 0 Å². The molecule has 0 spiro atoms. The van der Waals surface area contributed by atoms with Crippen LogP contribution in [0.2, 0.25) is 0 Å². The largest absolute Gasteiger partial charge is 0.353 e. The maximum atomic E-state index is 14.5. The van der Waals surface area contributed by atoms with E-state index in [0.717, 1.165) is 55.4 Å². The lowest BCUT2D eigenvalue weighted by Gasteiger charge is -2.35. The predicted octanol–water partition coefficient (Wildman–Crippen LogP) is 4.47. The fraction of sp³-hybridized carbons (Fsp3) is 0.292. The Hall–Kier alpha value is -3.10. The third-order valence-corrected chi connectivity index (χ3v) is 6.79. The standard InChI is InChI=1S/C24H25FN6S/c1-17-13-20(18(2)32-17)24-19(16-31(28-24)22-6-4-3-5-21(22)25)15-29-9-11-30(12-10-29)23-14-26-7-8-27-23/h3-8,13-14,16H,9-12,15H2,1-2H3. The Kier molecular flexibility index (Phi) is 5.71. The summed E-state index contributed by atoms with van der Waals surface area (Å²) in [6.45, 7) is 8.63. The molecule has 5 rings (SSSR count). The van der Waals surface area contributed by atoms with E-state index >= 15 is 0 Å². The Morgan fingerprint density at radius 2 is 1.88 bits per heavy atom. The van der Waals surface area contributed by atoms with E-state index in [2.05, 4.69) is 39.7 Å². The summed E-state index contributed by atoms with van der Waals surface area (Å²) in [5.74, 6) is 0.647. The van der Waals surface area contributed by atoms with Gasteiger partial charge in [0.15, 0.2) is 0 Å². The molecule has 4 aromatic rings. The quantitative estimate of drug-likeness (QED) is 0.451. The minimum absolute atomic E-state index is 0.274. The monoisotopic (exact) mass is 448 g/mol. The summed E-state index contributed by atoms with van der Waals surface area (Å²) in [7, 11) is 0. The molecule has 8 heteroatoms. The van der Waals surface area contributed by atoms with Crippen molar-refractivity contribution in [2.45, 2.75) is 20.4 Å². The van der Waals surface area contributed by atoms with Crippen molar-refractivity contribution in [3.05, 3.63) is 76.3 Å². The lowest BCUT2D eigenvalue weighted by Crippen LogP contribution is -2.46. The number of hydrogen-bond donors (Lipinski definition) is 0. The predicted molar refractivity (Wildman–Crippen MR) is 126 cm³/mol. The number of piperazine rings is 1. The summed E-state index contributed by atoms with van der Waals surface area (Å²) >= 11 is 1.77. The van der Waals surface area contributed by atoms with Gasteiger partial charge in [-0.05, 0) is 32.0 Å². The van der Waals surface area contributed by atoms with E-state index in [1.807, 2.05) is 18.5 Å². The zero-order chi connectivity index (χ0) is 22.1. The molecule has 1 aliphatic rings. The molecule has 3 aromatic heterocycles. The van der Waals surface area contributed by atoms with Crippen molar-refractivity contribution >= 4 is 17.2 Å². The summed E-state index contributed by atoms with van der Waals surface area (Å²) in [6, 6.07) is 8.96. The van der Waals surface area contributed by atoms with Gasteiger partial charge in [0, 0.05) is 72.2 Å². The van der Waals surface area contributed by atoms with Crippen LogP contribution in [0.5, 0.6) is 0 Å². The minimum Gasteiger partial charge on any atom is -0.353 e. The Morgan fingerprint density at radius 3 is 2.56 bits per heavy atom. The summed E-state index contributed by atoms with van der Waals surface area (Å²) < 4.78 is 16.2. The van der Waals surface area contributed by atoms with Gasteiger partial charge in [-0.2, -0.15) is 5.10 Å². The van der Waals surface area contributed by atoms with E-state index in [0.29, 0.717) is 5.69 Å². The van der Waals surface area contributed by atoms with Gasteiger partial charge in [0.2, 0.25) is 0 Å². The second-order valence-electron chi connectivity index (χ2n) is 8.05. The third-order valence-electron chi connectivity index (χ3n) is 5.83. The van der Waals surface area contributed by atoms with Crippen molar-refractivity contribution in [2.75, 3.05) is 31.1 Å². The Labute approximate surface area is 191 Å². The highest BCUT2D eigenvalue weighted by atomic mass is 32.1. The van der Waals surface area contributed by atoms with Crippen LogP contribution in [-0.4, -0.2) is 50.8 Å². The molecular weight excluding hydrogens is 423 g/mol. The number of benzene rings is 1. The number of rotatable bonds is 5. The second kappa shape index (κ2) is 8.80. The molecular formula is C24H25FN6S. The van der Waals surface area contributed by atoms with Gasteiger partial charge in [0.05, 0.1) is 11.9 Å². The average Bonchev–Trinajstić information content (AvgIpc) is 3.37. The Balaban J connectivity index is 1.42. The highest BCUT2D eigenvalue weighted by Crippen LogP contribution is 2.33. The van der Waals surface area contributed by atoms with Crippen LogP contribution in [0.3, 0.4) is 0 Å². The molecule has 0 amide bonds. The van der Waals surface area contributed by atoms with Crippen molar-refractivity contribution in [1.29, 1.82) is 0 Å². The van der Waals surface area contributed by atoms with Crippen LogP contribution in [0, 0.1) is 19.7 Å². The van der Waals surface area contributed by atoms with Gasteiger partial charge in [-0.1, -0.05) is 12.1 Å². The van der Waals surface area contributed by atoms with E-state index in [-0.39, 0.29) is 5.82 Å². The molecule has 0 radical (unpaired) electrons. The van der Waals surface area contributed by atoms with Gasteiger partial charge in [-0.3, -0.25) is 9.88 Å². The van der Waals surface area contributed by atoms with Crippen LogP contribution in [-0.2, 0) is 6.54 Å². The number of halogens is 1. The SMILES string of the molecule is Cc1cc(-c2nn(-c3ccccc3F)cc2CN2CCN(c3cnccn3)CC2)c(C)s1. The first-order valence-electron chi connectivity index (χ1n) is 10.7. The average molecular weight is 449 g/mol. The van der Waals surface area contributed by atoms with Gasteiger partial charge >= 0.3 is 0 Å². The van der Waals surface area contributed by atoms with Gasteiger partial charge in [-0.15, -0.1) is 11.3 Å². The van der Waals surface area contributed by atoms with Crippen LogP contribution in [0.4, 0.5) is 10.2 Å². The van der Waals surface area contributed by atoms with Gasteiger partial charge in [0.25, 0.3) is 0 Å². The first-order valence-corrected chi connectivity index (χ1v) is 11.5. The maximum absolute atomic E-state index is 14.5. The normalized spacial score (nSPS) is 14.8. The highest BCUT2D eigenvalue weighted by molar-refractivity contribution is 7.12. The molecule has 0 unspecified atom stereocenters. The smallest absolute Gasteiger partial charge is 0.148 e. The van der Waals surface area contributed by atoms with Gasteiger partial charge < -0.3 is 4.90 Å². The Bertz CT molecular complexity index is 1210. The van der Waals surface area contributed by atoms with Crippen LogP contribution in [0.1, 0.15) is 15.3 Å². The lowest BCUT2D eigenvalue weighted by molar-refractivity contribution is 0.249. The summed E-state index contributed by atoms with van der Waals surface area (Å²) in [5, 5.41) is 4.84. The summed E-state index contributed by atoms with van der Waals surface area (Å²) in [4.78, 5) is 15.8. The highest BCUT2D eigenvalue weighted by Gasteiger charge is 2.22. The molecule has 1 aromatic carbocycles. The van der Waals surface area contributed by atoms with Crippen LogP contribution in [0.15, 0.2) is 55.1 Å². The molecule has 0 aliphatic carbocycles. The van der Waals surface area contributed by atoms with Crippen LogP contribution >= 0.6 is 11.3 Å². The number of anilines is 1. The topological polar surface area (TPSA) is 50.1 Å². The van der Waals surface area contributed by atoms with Crippen molar-refractivity contribution < 1.29 is 4.39 Å². The van der Waals surface area contributed by atoms with E-state index in [9.17, 15) is 4.39 Å². The number of aryl methyl sites for hydroxylation is 2. The number of para-hydroxylation sites is 1. The van der Waals surface area contributed by atoms with E-state index in [4.69, 9.17) is 5.10 Å². The fourth-order valence-electron chi connectivity index (χ4n) is 4.21. The minimum atomic E-state index is -0.274. The van der Waals surface area contributed by atoms with Crippen molar-refractivity contribution in [2.24, 2.45) is 0 Å². The van der Waals surface area contributed by atoms with Crippen molar-refractivity contribution in [1.82, 2.24) is 24.6 Å². The third kappa shape index (κ3) is 4.16. The summed E-state index contributed by atoms with van der Waals surface area (Å²) in [5.41, 5.74) is 3.65. The first kappa shape index (κ1) is 20.8. The van der Waals surface area contributed by atoms with Crippen molar-refractivity contribution in [3.8, 4) is 16.9 Å². The molecule has 1 fully saturated rings. The first-order chi connectivity index (χ1) is 15.6. The van der Waals surface area contributed by atoms with E-state index < -0.39 is 0 Å². The fourth-order valence-corrected chi connectivity index (χ4v) is 5.13. The molecule has 164 valence electrons. The number of thiophene rings is 1. The zero-order valence-corrected chi connectivity index (χ0v) is 19.0. The number of hydrogen-bond acceptors (Lipinski definition) is 6. The second-order valence-corrected chi connectivity index (χ2v) is 9.51. The lowest BCUT2D eigenvalue weighted by atomic mass is 10.1. The Morgan fingerprint density at radius 1 is 1.06 bits per heavy atom. The molecule has 0 N–H and O–H groups in total. The molecule has 32 heavy (non-hydrogen) atoms. The maximum Gasteiger partial charge on any atom is 0.148 e. The summed E-state index contributed by atoms with van der Waals surface area (Å²) in [6.07, 6.45) is 7.22. The molecule has 0 atom stereocenters. The molecule has 1 aliphatic heterocycles. The zero-order valence-electron chi connectivity index (χ0n) is 18.2. The number of nitrogens with zero attached hydrogens (tertiary/aromatic N) is 6. The number of aromatic nitrogens is 4. The molecule has 6 nitrogen and oxygen atoms in total.